The Morgan fingerprint density at radius 3 is 1.28 bits per heavy atom. The van der Waals surface area contributed by atoms with Crippen LogP contribution in [0.4, 0.5) is 34.1 Å². The van der Waals surface area contributed by atoms with Crippen LogP contribution in [0.1, 0.15) is 22.3 Å². The third-order valence-electron chi connectivity index (χ3n) is 25.2. The van der Waals surface area contributed by atoms with Crippen LogP contribution in [0.3, 0.4) is 0 Å². The number of hydrogen-bond donors (Lipinski definition) is 0. The second-order valence-electron chi connectivity index (χ2n) is 33.4. The van der Waals surface area contributed by atoms with E-state index in [0.29, 0.717) is 0 Å². The highest BCUT2D eigenvalue weighted by atomic mass is 32.1. The molecule has 0 fully saturated rings. The van der Waals surface area contributed by atoms with Crippen LogP contribution < -0.4 is 47.8 Å². The number of fused-ring (bicyclic) bond motifs is 9. The molecule has 20 aromatic carbocycles. The van der Waals surface area contributed by atoms with Gasteiger partial charge in [0.05, 0.1) is 29.8 Å². The highest BCUT2D eigenvalue weighted by Crippen LogP contribution is 2.53. The summed E-state index contributed by atoms with van der Waals surface area (Å²) in [5, 5.41) is 24.7. The Balaban J connectivity index is 0.000000148. The second-order valence-corrected chi connectivity index (χ2v) is 39.5. The Morgan fingerprint density at radius 1 is 0.277 bits per heavy atom. The normalized spacial score (nSPS) is 11.8. The van der Waals surface area contributed by atoms with Crippen molar-refractivity contribution >= 4 is 211 Å². The lowest BCUT2D eigenvalue weighted by Crippen LogP contribution is -2.54. The standard InChI is InChI=1S/C56H39BN2.C56H46BNSSi/c1-38-37-43(40-15-7-3-8-16-40)25-31-52(38)59(46-26-21-41(22-27-46)39-13-5-2-6-14-39)53-32-24-42-23-28-50-51(57(44-17-9-4-10-18-44)45-33-35-58-36-34-45)30-29-49-47-19-11-12-20-48(47)56(53)54(42)55(49)50;1-35-33-36(2)55(37(3)34-35)57(39-25-27-41(28-26-39)60(4,5)6)48-31-30-45-42-17-10-11-19-44(42)54-49(32-24-38-23-29-47(48)53(45)52(38)54)58(40-15-8-7-9-16-40)50-21-14-20-46-43-18-12-13-22-51(43)59-56(46)50/h2-37H,1H3;7-34H,1-6H3. The van der Waals surface area contributed by atoms with Crippen molar-refractivity contribution in [2.24, 2.45) is 0 Å². The Hall–Kier alpha value is -13.7. The zero-order chi connectivity index (χ0) is 80.1. The molecule has 7 heteroatoms. The van der Waals surface area contributed by atoms with Crippen LogP contribution in [0.2, 0.25) is 19.6 Å². The summed E-state index contributed by atoms with van der Waals surface area (Å²) in [4.78, 5) is 9.41. The van der Waals surface area contributed by atoms with Gasteiger partial charge in [-0.3, -0.25) is 4.98 Å². The van der Waals surface area contributed by atoms with E-state index in [9.17, 15) is 0 Å². The Bertz CT molecular complexity index is 7560. The van der Waals surface area contributed by atoms with Crippen molar-refractivity contribution in [3.63, 3.8) is 0 Å². The minimum atomic E-state index is -1.48. The molecule has 22 aromatic rings. The van der Waals surface area contributed by atoms with Crippen molar-refractivity contribution < 1.29 is 0 Å². The quantitative estimate of drug-likeness (QED) is 0.0579. The lowest BCUT2D eigenvalue weighted by molar-refractivity contribution is 1.26. The number of aryl methyl sites for hydroxylation is 4. The van der Waals surface area contributed by atoms with Crippen LogP contribution in [0.5, 0.6) is 0 Å². The number of pyridine rings is 1. The zero-order valence-electron chi connectivity index (χ0n) is 67.9. The van der Waals surface area contributed by atoms with Crippen molar-refractivity contribution in [2.75, 3.05) is 9.80 Å². The molecule has 0 radical (unpaired) electrons. The lowest BCUT2D eigenvalue weighted by atomic mass is 9.35. The molecule has 0 amide bonds. The molecule has 0 bridgehead atoms. The molecule has 119 heavy (non-hydrogen) atoms. The van der Waals surface area contributed by atoms with Gasteiger partial charge in [-0.25, -0.2) is 0 Å². The molecule has 0 N–H and O–H groups in total. The SMILES string of the molecule is Cc1cc(-c2ccccc2)ccc1N(c1ccc(-c2ccccc2)cc1)c1ccc2ccc3c(B(c4ccccc4)c4ccncc4)ccc4c5ccccc5c1c2c34.Cc1cc(C)c(B(c2ccc([Si](C)(C)C)cc2)c2ccc3c4ccccc4c4c(N(c5ccccc5)c5cccc6c5sc5ccccc56)ccc5ccc2c3c54)c(C)c1. The average molecular weight is 1550 g/mol. The lowest BCUT2D eigenvalue weighted by Gasteiger charge is -2.30. The third-order valence-corrected chi connectivity index (χ3v) is 28.4. The number of benzene rings is 20. The first-order valence-corrected chi connectivity index (χ1v) is 45.9. The third kappa shape index (κ3) is 12.6. The first-order chi connectivity index (χ1) is 58.4. The van der Waals surface area contributed by atoms with Crippen LogP contribution in [0.15, 0.2) is 389 Å². The molecule has 0 aliphatic rings. The topological polar surface area (TPSA) is 19.4 Å². The predicted molar refractivity (Wildman–Crippen MR) is 523 cm³/mol. The van der Waals surface area contributed by atoms with Crippen LogP contribution in [0, 0.1) is 27.7 Å². The fourth-order valence-corrected chi connectivity index (χ4v) is 22.2. The largest absolute Gasteiger partial charge is 0.310 e. The minimum absolute atomic E-state index is 0.0416. The van der Waals surface area contributed by atoms with Gasteiger partial charge in [-0.1, -0.05) is 378 Å². The first-order valence-electron chi connectivity index (χ1n) is 41.6. The highest BCUT2D eigenvalue weighted by Gasteiger charge is 2.33. The number of nitrogens with zero attached hydrogens (tertiary/aromatic N) is 3. The van der Waals surface area contributed by atoms with Gasteiger partial charge in [0.15, 0.2) is 0 Å². The van der Waals surface area contributed by atoms with Gasteiger partial charge in [-0.2, -0.15) is 0 Å². The van der Waals surface area contributed by atoms with Crippen LogP contribution in [-0.4, -0.2) is 26.5 Å². The fraction of sp³-hybridized carbons (Fsp3) is 0.0625. The fourth-order valence-electron chi connectivity index (χ4n) is 19.8. The van der Waals surface area contributed by atoms with E-state index in [2.05, 4.69) is 438 Å². The van der Waals surface area contributed by atoms with E-state index in [1.54, 1.807) is 0 Å². The number of hydrogen-bond acceptors (Lipinski definition) is 4. The van der Waals surface area contributed by atoms with Gasteiger partial charge in [0.1, 0.15) is 0 Å². The van der Waals surface area contributed by atoms with Gasteiger partial charge in [0.2, 0.25) is 13.4 Å². The Labute approximate surface area is 701 Å². The molecule has 0 aliphatic carbocycles. The van der Waals surface area contributed by atoms with Gasteiger partial charge >= 0.3 is 0 Å². The molecule has 0 spiro atoms. The van der Waals surface area contributed by atoms with Gasteiger partial charge in [0.25, 0.3) is 0 Å². The van der Waals surface area contributed by atoms with Gasteiger partial charge < -0.3 is 9.80 Å². The molecule has 0 saturated carbocycles. The molecule has 2 aromatic heterocycles. The van der Waals surface area contributed by atoms with E-state index >= 15 is 0 Å². The van der Waals surface area contributed by atoms with Crippen LogP contribution in [0.25, 0.3) is 129 Å². The maximum Gasteiger partial charge on any atom is 0.242 e. The number of anilines is 6. The molecule has 22 rings (SSSR count). The Morgan fingerprint density at radius 2 is 0.706 bits per heavy atom. The molecular formula is C112H85B2N3SSi. The van der Waals surface area contributed by atoms with Crippen molar-refractivity contribution in [1.82, 2.24) is 4.98 Å². The monoisotopic (exact) mass is 1550 g/mol. The van der Waals surface area contributed by atoms with Crippen molar-refractivity contribution in [2.45, 2.75) is 47.3 Å². The van der Waals surface area contributed by atoms with E-state index < -0.39 is 8.07 Å². The summed E-state index contributed by atoms with van der Waals surface area (Å²) in [7, 11) is -1.48. The molecule has 0 atom stereocenters. The molecule has 2 heterocycles. The van der Waals surface area contributed by atoms with Gasteiger partial charge in [-0.15, -0.1) is 11.3 Å². The number of thiophene rings is 1. The number of para-hydroxylation sites is 1. The smallest absolute Gasteiger partial charge is 0.242 e. The van der Waals surface area contributed by atoms with Crippen molar-refractivity contribution in [3.8, 4) is 22.3 Å². The molecular weight excluding hydrogens is 1470 g/mol. The Kier molecular flexibility index (Phi) is 18.3. The van der Waals surface area contributed by atoms with Gasteiger partial charge in [0, 0.05) is 66.5 Å². The van der Waals surface area contributed by atoms with E-state index in [4.69, 9.17) is 0 Å². The highest BCUT2D eigenvalue weighted by molar-refractivity contribution is 7.26. The summed E-state index contributed by atoms with van der Waals surface area (Å²) in [6.07, 6.45) is 3.83. The second kappa shape index (κ2) is 29.8. The molecule has 0 unspecified atom stereocenters. The predicted octanol–water partition coefficient (Wildman–Crippen LogP) is 26.3. The van der Waals surface area contributed by atoms with E-state index in [0.717, 1.165) is 22.7 Å². The molecule has 0 saturated heterocycles. The molecule has 3 nitrogen and oxygen atoms in total. The average Bonchev–Trinajstić information content (AvgIpc) is 0.818. The number of rotatable bonds is 15. The zero-order valence-corrected chi connectivity index (χ0v) is 69.7. The van der Waals surface area contributed by atoms with Crippen molar-refractivity contribution in [3.05, 3.63) is 411 Å². The molecule has 564 valence electrons. The van der Waals surface area contributed by atoms with E-state index in [1.165, 1.54) is 200 Å². The van der Waals surface area contributed by atoms with Crippen molar-refractivity contribution in [1.29, 1.82) is 0 Å². The maximum atomic E-state index is 4.40. The van der Waals surface area contributed by atoms with Crippen LogP contribution in [-0.2, 0) is 0 Å². The minimum Gasteiger partial charge on any atom is -0.310 e. The summed E-state index contributed by atoms with van der Waals surface area (Å²) >= 11 is 1.89. The van der Waals surface area contributed by atoms with E-state index in [-0.39, 0.29) is 13.4 Å². The summed E-state index contributed by atoms with van der Waals surface area (Å²) in [6, 6.07) is 140. The number of aromatic nitrogens is 1. The molecule has 0 aliphatic heterocycles. The van der Waals surface area contributed by atoms with Crippen LogP contribution >= 0.6 is 11.3 Å². The maximum absolute atomic E-state index is 4.40. The summed E-state index contributed by atoms with van der Waals surface area (Å²) in [5.41, 5.74) is 24.9. The van der Waals surface area contributed by atoms with E-state index in [1.807, 2.05) is 23.7 Å². The summed E-state index contributed by atoms with van der Waals surface area (Å²) in [6.45, 7) is 16.5. The summed E-state index contributed by atoms with van der Waals surface area (Å²) in [5.74, 6) is 0. The first kappa shape index (κ1) is 73.0. The van der Waals surface area contributed by atoms with Gasteiger partial charge in [-0.05, 0) is 193 Å². The summed E-state index contributed by atoms with van der Waals surface area (Å²) < 4.78 is 2.61.